The van der Waals surface area contributed by atoms with Crippen molar-refractivity contribution in [3.05, 3.63) is 34.4 Å². The van der Waals surface area contributed by atoms with Crippen LogP contribution in [-0.2, 0) is 0 Å². The average Bonchev–Trinajstić information content (AvgIpc) is 2.06. The summed E-state index contributed by atoms with van der Waals surface area (Å²) in [5.41, 5.74) is 0.0777. The number of nitro groups is 1. The summed E-state index contributed by atoms with van der Waals surface area (Å²) in [5.74, 6) is 0. The van der Waals surface area contributed by atoms with Gasteiger partial charge in [-0.2, -0.15) is 4.24 Å². The van der Waals surface area contributed by atoms with Crippen LogP contribution < -0.4 is 4.24 Å². The lowest BCUT2D eigenvalue weighted by molar-refractivity contribution is -0.384. The van der Waals surface area contributed by atoms with Crippen molar-refractivity contribution in [3.8, 4) is 0 Å². The first-order valence-electron chi connectivity index (χ1n) is 3.01. The van der Waals surface area contributed by atoms with Gasteiger partial charge in [-0.15, -0.1) is 0 Å². The van der Waals surface area contributed by atoms with Crippen LogP contribution in [0.1, 0.15) is 0 Å². The van der Waals surface area contributed by atoms with Crippen LogP contribution in [0.5, 0.6) is 0 Å². The van der Waals surface area contributed by atoms with E-state index in [2.05, 4.69) is 4.24 Å². The molecule has 0 saturated carbocycles. The molecule has 0 spiro atoms. The fourth-order valence-electron chi connectivity index (χ4n) is 0.680. The lowest BCUT2D eigenvalue weighted by Gasteiger charge is -1.95. The van der Waals surface area contributed by atoms with Gasteiger partial charge in [-0.1, -0.05) is 0 Å². The molecule has 1 aromatic carbocycles. The number of halogens is 1. The van der Waals surface area contributed by atoms with Crippen molar-refractivity contribution in [1.29, 1.82) is 0 Å². The Labute approximate surface area is 78.3 Å². The predicted molar refractivity (Wildman–Crippen MR) is 47.9 cm³/mol. The molecule has 0 atom stereocenters. The highest BCUT2D eigenvalue weighted by molar-refractivity contribution is 7.98. The molecule has 1 rings (SSSR count). The Morgan fingerprint density at radius 3 is 2.42 bits per heavy atom. The molecule has 0 aliphatic rings. The van der Waals surface area contributed by atoms with Crippen LogP contribution in [0.4, 0.5) is 5.69 Å². The maximum absolute atomic E-state index is 10.2. The summed E-state index contributed by atoms with van der Waals surface area (Å²) in [5, 5.41) is 10.2. The molecule has 0 aliphatic heterocycles. The van der Waals surface area contributed by atoms with Crippen molar-refractivity contribution in [3.63, 3.8) is 0 Å². The smallest absolute Gasteiger partial charge is 0.258 e. The van der Waals surface area contributed by atoms with Crippen LogP contribution in [-0.4, -0.2) is 4.92 Å². The van der Waals surface area contributed by atoms with Gasteiger partial charge in [0.15, 0.2) is 0 Å². The Kier molecular flexibility index (Phi) is 3.33. The zero-order chi connectivity index (χ0) is 8.97. The Morgan fingerprint density at radius 1 is 1.42 bits per heavy atom. The molecule has 0 fully saturated rings. The molecule has 0 radical (unpaired) electrons. The van der Waals surface area contributed by atoms with E-state index in [1.165, 1.54) is 24.1 Å². The van der Waals surface area contributed by atoms with E-state index >= 15 is 0 Å². The van der Waals surface area contributed by atoms with Crippen molar-refractivity contribution in [2.45, 2.75) is 4.90 Å². The van der Waals surface area contributed by atoms with Crippen molar-refractivity contribution >= 4 is 29.4 Å². The van der Waals surface area contributed by atoms with Gasteiger partial charge in [-0.05, 0) is 35.9 Å². The number of non-ortho nitro benzene ring substituents is 1. The molecule has 0 saturated heterocycles. The zero-order valence-corrected chi connectivity index (χ0v) is 7.43. The first-order valence-corrected chi connectivity index (χ1v) is 4.20. The number of hydrogen-bond acceptors (Lipinski definition) is 4. The van der Waals surface area contributed by atoms with Gasteiger partial charge >= 0.3 is 0 Å². The number of nitro benzene ring substituents is 1. The minimum Gasteiger partial charge on any atom is -0.258 e. The monoisotopic (exact) mass is 204 g/mol. The molecule has 4 nitrogen and oxygen atoms in total. The van der Waals surface area contributed by atoms with Crippen LogP contribution in [0, 0.1) is 10.1 Å². The van der Waals surface area contributed by atoms with Crippen molar-refractivity contribution in [2.24, 2.45) is 0 Å². The van der Waals surface area contributed by atoms with E-state index in [0.717, 1.165) is 4.90 Å². The third kappa shape index (κ3) is 2.37. The Hall–Kier alpha value is -0.780. The number of benzene rings is 1. The second kappa shape index (κ2) is 4.30. The molecule has 0 amide bonds. The second-order valence-corrected chi connectivity index (χ2v) is 3.22. The first-order chi connectivity index (χ1) is 5.74. The van der Waals surface area contributed by atoms with Gasteiger partial charge in [0.05, 0.1) is 4.92 Å². The van der Waals surface area contributed by atoms with E-state index in [-0.39, 0.29) is 5.69 Å². The highest BCUT2D eigenvalue weighted by atomic mass is 35.5. The standard InChI is InChI=1S/C6H5ClN2O2S/c7-8-12-6-3-1-5(2-4-6)9(10)11/h1-4,8H. The van der Waals surface area contributed by atoms with Gasteiger partial charge in [0, 0.05) is 17.0 Å². The highest BCUT2D eigenvalue weighted by Gasteiger charge is 2.03. The Bertz CT molecular complexity index is 277. The van der Waals surface area contributed by atoms with Crippen LogP contribution in [0.3, 0.4) is 0 Å². The van der Waals surface area contributed by atoms with E-state index in [4.69, 9.17) is 11.8 Å². The van der Waals surface area contributed by atoms with Crippen molar-refractivity contribution < 1.29 is 4.92 Å². The molecular weight excluding hydrogens is 200 g/mol. The SMILES string of the molecule is O=[N+]([O-])c1ccc(SNCl)cc1. The van der Waals surface area contributed by atoms with Crippen LogP contribution in [0.2, 0.25) is 0 Å². The maximum atomic E-state index is 10.2. The number of nitrogens with one attached hydrogen (secondary N) is 1. The normalized spacial score (nSPS) is 9.75. The van der Waals surface area contributed by atoms with Crippen molar-refractivity contribution in [1.82, 2.24) is 4.24 Å². The maximum Gasteiger partial charge on any atom is 0.269 e. The molecule has 1 aromatic rings. The van der Waals surface area contributed by atoms with Gasteiger partial charge < -0.3 is 0 Å². The fraction of sp³-hybridized carbons (Fsp3) is 0. The van der Waals surface area contributed by atoms with Gasteiger partial charge in [-0.3, -0.25) is 10.1 Å². The van der Waals surface area contributed by atoms with Crippen LogP contribution >= 0.6 is 23.7 Å². The molecule has 0 aliphatic carbocycles. The molecule has 0 unspecified atom stereocenters. The lowest BCUT2D eigenvalue weighted by Crippen LogP contribution is -1.87. The predicted octanol–water partition coefficient (Wildman–Crippen LogP) is 2.35. The summed E-state index contributed by atoms with van der Waals surface area (Å²) in [6.07, 6.45) is 0. The molecule has 0 heterocycles. The molecule has 6 heteroatoms. The molecule has 1 N–H and O–H groups in total. The Morgan fingerprint density at radius 2 is 2.00 bits per heavy atom. The summed E-state index contributed by atoms with van der Waals surface area (Å²) in [4.78, 5) is 10.6. The zero-order valence-electron chi connectivity index (χ0n) is 5.86. The minimum absolute atomic E-state index is 0.0777. The van der Waals surface area contributed by atoms with Crippen LogP contribution in [0.15, 0.2) is 29.2 Å². The van der Waals surface area contributed by atoms with E-state index in [1.54, 1.807) is 12.1 Å². The quantitative estimate of drug-likeness (QED) is 0.355. The molecule has 12 heavy (non-hydrogen) atoms. The van der Waals surface area contributed by atoms with E-state index in [9.17, 15) is 10.1 Å². The summed E-state index contributed by atoms with van der Waals surface area (Å²) in [6, 6.07) is 6.10. The fourth-order valence-corrected chi connectivity index (χ4v) is 1.31. The third-order valence-corrected chi connectivity index (χ3v) is 2.02. The van der Waals surface area contributed by atoms with Gasteiger partial charge in [-0.25, -0.2) is 0 Å². The summed E-state index contributed by atoms with van der Waals surface area (Å²) in [7, 11) is 0. The van der Waals surface area contributed by atoms with E-state index in [1.807, 2.05) is 0 Å². The molecule has 64 valence electrons. The molecule has 0 bridgehead atoms. The summed E-state index contributed by atoms with van der Waals surface area (Å²) >= 11 is 6.41. The number of hydrogen-bond donors (Lipinski definition) is 1. The Balaban J connectivity index is 2.78. The average molecular weight is 205 g/mol. The highest BCUT2D eigenvalue weighted by Crippen LogP contribution is 2.18. The topological polar surface area (TPSA) is 55.2 Å². The number of nitrogens with zero attached hydrogens (tertiary/aromatic N) is 1. The van der Waals surface area contributed by atoms with E-state index in [0.29, 0.717) is 0 Å². The molecular formula is C6H5ClN2O2S. The lowest BCUT2D eigenvalue weighted by atomic mass is 10.3. The molecule has 0 aromatic heterocycles. The second-order valence-electron chi connectivity index (χ2n) is 1.93. The van der Waals surface area contributed by atoms with Crippen LogP contribution in [0.25, 0.3) is 0 Å². The van der Waals surface area contributed by atoms with Gasteiger partial charge in [0.25, 0.3) is 5.69 Å². The van der Waals surface area contributed by atoms with E-state index < -0.39 is 4.92 Å². The largest absolute Gasteiger partial charge is 0.269 e. The van der Waals surface area contributed by atoms with Crippen molar-refractivity contribution in [2.75, 3.05) is 0 Å². The summed E-state index contributed by atoms with van der Waals surface area (Å²) < 4.78 is 2.35. The third-order valence-electron chi connectivity index (χ3n) is 1.20. The summed E-state index contributed by atoms with van der Waals surface area (Å²) in [6.45, 7) is 0. The van der Waals surface area contributed by atoms with Gasteiger partial charge in [0.2, 0.25) is 0 Å². The minimum atomic E-state index is -0.442. The van der Waals surface area contributed by atoms with Gasteiger partial charge in [0.1, 0.15) is 0 Å². The first kappa shape index (κ1) is 9.31. The number of rotatable bonds is 3.